The highest BCUT2D eigenvalue weighted by Crippen LogP contribution is 2.41. The van der Waals surface area contributed by atoms with E-state index in [2.05, 4.69) is 9.88 Å². The van der Waals surface area contributed by atoms with E-state index in [-0.39, 0.29) is 6.42 Å². The van der Waals surface area contributed by atoms with E-state index in [4.69, 9.17) is 28.6 Å². The lowest BCUT2D eigenvalue weighted by Gasteiger charge is -2.39. The first-order valence-corrected chi connectivity index (χ1v) is 12.8. The van der Waals surface area contributed by atoms with Gasteiger partial charge in [0.05, 0.1) is 29.2 Å². The predicted octanol–water partition coefficient (Wildman–Crippen LogP) is 5.36. The highest BCUT2D eigenvalue weighted by Gasteiger charge is 2.41. The SMILES string of the molecule is COc1ccc2ncc(Cl)c([C@H](O)CCC3(C(=O)O)CCN(CC(=S)c4cccs4)CC3)c2c1. The number of thiophene rings is 1. The molecule has 4 rings (SSSR count). The van der Waals surface area contributed by atoms with Crippen LogP contribution in [0.1, 0.15) is 42.2 Å². The molecule has 6 nitrogen and oxygen atoms in total. The smallest absolute Gasteiger partial charge is 0.309 e. The van der Waals surface area contributed by atoms with Gasteiger partial charge in [-0.05, 0) is 68.4 Å². The van der Waals surface area contributed by atoms with Crippen molar-refractivity contribution in [1.82, 2.24) is 9.88 Å². The van der Waals surface area contributed by atoms with Crippen LogP contribution in [0.4, 0.5) is 0 Å². The van der Waals surface area contributed by atoms with E-state index in [1.807, 2.05) is 23.6 Å². The standard InChI is InChI=1S/C25H27ClN2O4S2/c1-32-16-4-5-19-17(13-16)23(18(26)14-27-19)20(29)6-7-25(24(30)31)8-10-28(11-9-25)15-21(33)22-3-2-12-34-22/h2-5,12-14,20,29H,6-11,15H2,1H3,(H,30,31)/t20-/m1/s1. The Bertz CT molecular complexity index is 1180. The van der Waals surface area contributed by atoms with Gasteiger partial charge in [-0.2, -0.15) is 0 Å². The lowest BCUT2D eigenvalue weighted by atomic mass is 9.74. The Labute approximate surface area is 213 Å². The molecule has 0 amide bonds. The molecule has 3 heterocycles. The minimum atomic E-state index is -0.911. The third-order valence-corrected chi connectivity index (χ3v) is 8.44. The fraction of sp³-hybridized carbons (Fsp3) is 0.400. The van der Waals surface area contributed by atoms with E-state index in [9.17, 15) is 15.0 Å². The Hall–Kier alpha value is -2.10. The van der Waals surface area contributed by atoms with Crippen LogP contribution in [0.3, 0.4) is 0 Å². The van der Waals surface area contributed by atoms with Gasteiger partial charge in [0, 0.05) is 33.4 Å². The van der Waals surface area contributed by atoms with E-state index in [0.717, 1.165) is 9.74 Å². The minimum Gasteiger partial charge on any atom is -0.497 e. The number of piperidine rings is 1. The Morgan fingerprint density at radius 1 is 1.35 bits per heavy atom. The number of thiocarbonyl (C=S) groups is 1. The molecule has 2 N–H and O–H groups in total. The number of benzene rings is 1. The van der Waals surface area contributed by atoms with Gasteiger partial charge in [-0.3, -0.25) is 14.7 Å². The van der Waals surface area contributed by atoms with Crippen LogP contribution in [0.25, 0.3) is 10.9 Å². The van der Waals surface area contributed by atoms with Gasteiger partial charge < -0.3 is 14.9 Å². The van der Waals surface area contributed by atoms with Gasteiger partial charge in [-0.15, -0.1) is 11.3 Å². The number of nitrogens with zero attached hydrogens (tertiary/aromatic N) is 2. The molecular formula is C25H27ClN2O4S2. The number of fused-ring (bicyclic) bond motifs is 1. The van der Waals surface area contributed by atoms with Crippen molar-refractivity contribution in [3.63, 3.8) is 0 Å². The number of methoxy groups -OCH3 is 1. The first-order chi connectivity index (χ1) is 16.3. The zero-order valence-corrected chi connectivity index (χ0v) is 21.3. The summed E-state index contributed by atoms with van der Waals surface area (Å²) < 4.78 is 5.32. The van der Waals surface area contributed by atoms with Gasteiger partial charge >= 0.3 is 5.97 Å². The molecule has 3 aromatic rings. The summed E-state index contributed by atoms with van der Waals surface area (Å²) in [7, 11) is 1.57. The van der Waals surface area contributed by atoms with Crippen molar-refractivity contribution in [2.24, 2.45) is 5.41 Å². The molecule has 1 atom stereocenters. The number of hydrogen-bond donors (Lipinski definition) is 2. The number of rotatable bonds is 9. The zero-order valence-electron chi connectivity index (χ0n) is 18.9. The van der Waals surface area contributed by atoms with E-state index < -0.39 is 17.5 Å². The normalized spacial score (nSPS) is 16.9. The Morgan fingerprint density at radius 2 is 2.12 bits per heavy atom. The van der Waals surface area contributed by atoms with Crippen molar-refractivity contribution in [2.75, 3.05) is 26.7 Å². The third-order valence-electron chi connectivity index (χ3n) is 6.73. The van der Waals surface area contributed by atoms with Crippen LogP contribution in [0.15, 0.2) is 41.9 Å². The highest BCUT2D eigenvalue weighted by atomic mass is 35.5. The molecule has 34 heavy (non-hydrogen) atoms. The molecule has 1 saturated heterocycles. The maximum atomic E-state index is 12.3. The maximum absolute atomic E-state index is 12.3. The number of carboxylic acid groups (broad SMARTS) is 1. The second kappa shape index (κ2) is 10.7. The highest BCUT2D eigenvalue weighted by molar-refractivity contribution is 7.81. The molecule has 0 bridgehead atoms. The molecule has 9 heteroatoms. The number of aromatic nitrogens is 1. The van der Waals surface area contributed by atoms with Crippen LogP contribution in [-0.4, -0.2) is 57.7 Å². The fourth-order valence-electron chi connectivity index (χ4n) is 4.62. The molecule has 0 aliphatic carbocycles. The molecule has 1 aromatic carbocycles. The van der Waals surface area contributed by atoms with Crippen molar-refractivity contribution in [1.29, 1.82) is 0 Å². The molecule has 0 spiro atoms. The van der Waals surface area contributed by atoms with Crippen LogP contribution in [0, 0.1) is 5.41 Å². The van der Waals surface area contributed by atoms with Crippen LogP contribution in [0.5, 0.6) is 5.75 Å². The monoisotopic (exact) mass is 518 g/mol. The Balaban J connectivity index is 1.45. The minimum absolute atomic E-state index is 0.288. The van der Waals surface area contributed by atoms with Gasteiger partial charge in [-0.25, -0.2) is 0 Å². The third kappa shape index (κ3) is 5.26. The Morgan fingerprint density at radius 3 is 2.76 bits per heavy atom. The molecule has 180 valence electrons. The summed E-state index contributed by atoms with van der Waals surface area (Å²) in [6.07, 6.45) is 2.29. The van der Waals surface area contributed by atoms with Crippen molar-refractivity contribution in [3.8, 4) is 5.75 Å². The predicted molar refractivity (Wildman–Crippen MR) is 139 cm³/mol. The molecule has 0 unspecified atom stereocenters. The lowest BCUT2D eigenvalue weighted by Crippen LogP contribution is -2.45. The van der Waals surface area contributed by atoms with Crippen LogP contribution in [-0.2, 0) is 4.79 Å². The fourth-order valence-corrected chi connectivity index (χ4v) is 5.95. The largest absolute Gasteiger partial charge is 0.497 e. The molecule has 1 aliphatic heterocycles. The van der Waals surface area contributed by atoms with Crippen molar-refractivity contribution >= 4 is 56.9 Å². The van der Waals surface area contributed by atoms with E-state index in [1.165, 1.54) is 6.20 Å². The number of aliphatic hydroxyl groups excluding tert-OH is 1. The first-order valence-electron chi connectivity index (χ1n) is 11.2. The van der Waals surface area contributed by atoms with Crippen molar-refractivity contribution < 1.29 is 19.7 Å². The number of carboxylic acids is 1. The number of aliphatic carboxylic acids is 1. The number of aliphatic hydroxyl groups is 1. The number of carbonyl (C=O) groups is 1. The molecule has 2 aromatic heterocycles. The summed E-state index contributed by atoms with van der Waals surface area (Å²) >= 11 is 13.6. The molecule has 0 radical (unpaired) electrons. The van der Waals surface area contributed by atoms with E-state index >= 15 is 0 Å². The van der Waals surface area contributed by atoms with Crippen LogP contribution in [0.2, 0.25) is 5.02 Å². The average Bonchev–Trinajstić information content (AvgIpc) is 3.38. The molecular weight excluding hydrogens is 492 g/mol. The second-order valence-electron chi connectivity index (χ2n) is 8.72. The topological polar surface area (TPSA) is 82.9 Å². The van der Waals surface area contributed by atoms with Crippen molar-refractivity contribution in [3.05, 3.63) is 57.4 Å². The van der Waals surface area contributed by atoms with Crippen LogP contribution < -0.4 is 4.74 Å². The number of pyridine rings is 1. The van der Waals surface area contributed by atoms with Gasteiger partial charge in [0.15, 0.2) is 0 Å². The lowest BCUT2D eigenvalue weighted by molar-refractivity contribution is -0.153. The summed E-state index contributed by atoms with van der Waals surface area (Å²) in [6, 6.07) is 9.42. The summed E-state index contributed by atoms with van der Waals surface area (Å²) in [5.74, 6) is -0.174. The van der Waals surface area contributed by atoms with E-state index in [1.54, 1.807) is 30.6 Å². The maximum Gasteiger partial charge on any atom is 0.309 e. The summed E-state index contributed by atoms with van der Waals surface area (Å²) in [5, 5.41) is 24.3. The van der Waals surface area contributed by atoms with E-state index in [0.29, 0.717) is 66.1 Å². The van der Waals surface area contributed by atoms with Gasteiger partial charge in [-0.1, -0.05) is 29.9 Å². The molecule has 0 saturated carbocycles. The summed E-state index contributed by atoms with van der Waals surface area (Å²) in [4.78, 5) is 20.9. The molecule has 1 aliphatic rings. The van der Waals surface area contributed by atoms with Gasteiger partial charge in [0.1, 0.15) is 5.75 Å². The second-order valence-corrected chi connectivity index (χ2v) is 10.6. The quantitative estimate of drug-likeness (QED) is 0.291. The summed E-state index contributed by atoms with van der Waals surface area (Å²) in [6.45, 7) is 1.97. The number of hydrogen-bond acceptors (Lipinski definition) is 7. The van der Waals surface area contributed by atoms with Crippen molar-refractivity contribution in [2.45, 2.75) is 31.8 Å². The zero-order chi connectivity index (χ0) is 24.3. The number of halogens is 1. The Kier molecular flexibility index (Phi) is 7.84. The number of ether oxygens (including phenoxy) is 1. The summed E-state index contributed by atoms with van der Waals surface area (Å²) in [5.41, 5.74) is 0.377. The average molecular weight is 519 g/mol. The van der Waals surface area contributed by atoms with Gasteiger partial charge in [0.25, 0.3) is 0 Å². The van der Waals surface area contributed by atoms with Crippen LogP contribution >= 0.6 is 35.2 Å². The van der Waals surface area contributed by atoms with Gasteiger partial charge in [0.2, 0.25) is 0 Å². The first kappa shape index (κ1) is 25.0. The number of likely N-dealkylation sites (tertiary alicyclic amines) is 1. The molecule has 1 fully saturated rings.